The van der Waals surface area contributed by atoms with E-state index in [0.717, 1.165) is 19.1 Å². The molecular formula is C15H22O. The monoisotopic (exact) mass is 218 g/mol. The number of rotatable bonds is 7. The Morgan fingerprint density at radius 2 is 1.69 bits per heavy atom. The first kappa shape index (κ1) is 13.0. The molecule has 16 heavy (non-hydrogen) atoms. The van der Waals surface area contributed by atoms with Crippen molar-refractivity contribution in [3.8, 4) is 0 Å². The van der Waals surface area contributed by atoms with Crippen molar-refractivity contribution in [2.24, 2.45) is 5.92 Å². The molecule has 0 aliphatic heterocycles. The fourth-order valence-corrected chi connectivity index (χ4v) is 1.72. The van der Waals surface area contributed by atoms with Crippen molar-refractivity contribution >= 4 is 6.29 Å². The van der Waals surface area contributed by atoms with Crippen LogP contribution in [0.1, 0.15) is 44.2 Å². The van der Waals surface area contributed by atoms with E-state index in [2.05, 4.69) is 31.2 Å². The zero-order valence-electron chi connectivity index (χ0n) is 10.4. The van der Waals surface area contributed by atoms with Crippen LogP contribution in [0.5, 0.6) is 0 Å². The van der Waals surface area contributed by atoms with Gasteiger partial charge in [-0.2, -0.15) is 0 Å². The van der Waals surface area contributed by atoms with Crippen LogP contribution in [-0.4, -0.2) is 6.29 Å². The lowest BCUT2D eigenvalue weighted by atomic mass is 10.0. The summed E-state index contributed by atoms with van der Waals surface area (Å²) in [6, 6.07) is 8.83. The van der Waals surface area contributed by atoms with Crippen molar-refractivity contribution in [1.29, 1.82) is 0 Å². The molecule has 0 aromatic heterocycles. The molecule has 0 spiro atoms. The lowest BCUT2D eigenvalue weighted by Crippen LogP contribution is -1.98. The molecule has 0 bridgehead atoms. The average molecular weight is 218 g/mol. The van der Waals surface area contributed by atoms with Gasteiger partial charge in [0.15, 0.2) is 0 Å². The second-order valence-electron chi connectivity index (χ2n) is 4.57. The zero-order valence-corrected chi connectivity index (χ0v) is 10.4. The summed E-state index contributed by atoms with van der Waals surface area (Å²) < 4.78 is 0. The van der Waals surface area contributed by atoms with Crippen LogP contribution in [0.15, 0.2) is 24.3 Å². The summed E-state index contributed by atoms with van der Waals surface area (Å²) in [4.78, 5) is 10.5. The van der Waals surface area contributed by atoms with Gasteiger partial charge >= 0.3 is 0 Å². The first-order chi connectivity index (χ1) is 7.76. The molecule has 1 atom stereocenters. The number of unbranched alkanes of at least 4 members (excludes halogenated alkanes) is 1. The third-order valence-electron chi connectivity index (χ3n) is 2.96. The summed E-state index contributed by atoms with van der Waals surface area (Å²) in [5, 5.41) is 0. The fourth-order valence-electron chi connectivity index (χ4n) is 1.72. The second kappa shape index (κ2) is 7.21. The first-order valence-corrected chi connectivity index (χ1v) is 6.29. The van der Waals surface area contributed by atoms with Crippen LogP contribution in [0.2, 0.25) is 0 Å². The number of carbonyl (C=O) groups is 1. The Hall–Kier alpha value is -1.11. The van der Waals surface area contributed by atoms with Gasteiger partial charge in [0.05, 0.1) is 0 Å². The number of aryl methyl sites for hydroxylation is 2. The Morgan fingerprint density at radius 3 is 2.19 bits per heavy atom. The third kappa shape index (κ3) is 4.61. The molecule has 88 valence electrons. The molecule has 1 unspecified atom stereocenters. The normalized spacial score (nSPS) is 12.4. The minimum absolute atomic E-state index is 0.180. The Morgan fingerprint density at radius 1 is 1.12 bits per heavy atom. The molecule has 0 amide bonds. The van der Waals surface area contributed by atoms with Gasteiger partial charge in [-0.3, -0.25) is 0 Å². The topological polar surface area (TPSA) is 17.1 Å². The molecule has 0 aliphatic rings. The van der Waals surface area contributed by atoms with Gasteiger partial charge in [-0.25, -0.2) is 0 Å². The first-order valence-electron chi connectivity index (χ1n) is 6.29. The number of benzene rings is 1. The Kier molecular flexibility index (Phi) is 5.84. The van der Waals surface area contributed by atoms with E-state index in [-0.39, 0.29) is 5.92 Å². The predicted octanol–water partition coefficient (Wildman–Crippen LogP) is 3.80. The van der Waals surface area contributed by atoms with Gasteiger partial charge < -0.3 is 4.79 Å². The van der Waals surface area contributed by atoms with Crippen molar-refractivity contribution in [3.63, 3.8) is 0 Å². The van der Waals surface area contributed by atoms with Crippen molar-refractivity contribution < 1.29 is 4.79 Å². The highest BCUT2D eigenvalue weighted by molar-refractivity contribution is 5.52. The van der Waals surface area contributed by atoms with Crippen LogP contribution in [-0.2, 0) is 17.6 Å². The van der Waals surface area contributed by atoms with E-state index in [9.17, 15) is 4.79 Å². The van der Waals surface area contributed by atoms with Gasteiger partial charge in [0.1, 0.15) is 6.29 Å². The summed E-state index contributed by atoms with van der Waals surface area (Å²) in [5.41, 5.74) is 2.77. The SMILES string of the molecule is CCCCc1ccc(CCC(C)C=O)cc1. The molecular weight excluding hydrogens is 196 g/mol. The lowest BCUT2D eigenvalue weighted by Gasteiger charge is -2.05. The quantitative estimate of drug-likeness (QED) is 0.636. The fraction of sp³-hybridized carbons (Fsp3) is 0.533. The minimum atomic E-state index is 0.180. The molecule has 0 heterocycles. The van der Waals surface area contributed by atoms with Crippen LogP contribution < -0.4 is 0 Å². The summed E-state index contributed by atoms with van der Waals surface area (Å²) in [6.07, 6.45) is 6.70. The summed E-state index contributed by atoms with van der Waals surface area (Å²) in [6.45, 7) is 4.19. The molecule has 0 radical (unpaired) electrons. The largest absolute Gasteiger partial charge is 0.303 e. The van der Waals surface area contributed by atoms with Crippen LogP contribution in [0, 0.1) is 5.92 Å². The zero-order chi connectivity index (χ0) is 11.8. The van der Waals surface area contributed by atoms with Crippen molar-refractivity contribution in [3.05, 3.63) is 35.4 Å². The number of aldehydes is 1. The summed E-state index contributed by atoms with van der Waals surface area (Å²) in [7, 11) is 0. The summed E-state index contributed by atoms with van der Waals surface area (Å²) in [5.74, 6) is 0.180. The highest BCUT2D eigenvalue weighted by Crippen LogP contribution is 2.11. The van der Waals surface area contributed by atoms with Gasteiger partial charge in [-0.1, -0.05) is 44.5 Å². The van der Waals surface area contributed by atoms with Crippen LogP contribution in [0.25, 0.3) is 0 Å². The molecule has 0 fully saturated rings. The molecule has 0 N–H and O–H groups in total. The number of carbonyl (C=O) groups excluding carboxylic acids is 1. The molecule has 1 nitrogen and oxygen atoms in total. The van der Waals surface area contributed by atoms with Crippen LogP contribution in [0.3, 0.4) is 0 Å². The Bertz CT molecular complexity index is 300. The number of hydrogen-bond donors (Lipinski definition) is 0. The highest BCUT2D eigenvalue weighted by Gasteiger charge is 2.00. The van der Waals surface area contributed by atoms with Gasteiger partial charge in [0.25, 0.3) is 0 Å². The van der Waals surface area contributed by atoms with Crippen molar-refractivity contribution in [2.75, 3.05) is 0 Å². The second-order valence-corrected chi connectivity index (χ2v) is 4.57. The van der Waals surface area contributed by atoms with E-state index in [1.165, 1.54) is 30.4 Å². The molecule has 0 saturated heterocycles. The van der Waals surface area contributed by atoms with E-state index in [1.54, 1.807) is 0 Å². The van der Waals surface area contributed by atoms with Gasteiger partial charge in [-0.05, 0) is 36.8 Å². The van der Waals surface area contributed by atoms with Gasteiger partial charge in [-0.15, -0.1) is 0 Å². The highest BCUT2D eigenvalue weighted by atomic mass is 16.1. The molecule has 0 aliphatic carbocycles. The smallest absolute Gasteiger partial charge is 0.122 e. The van der Waals surface area contributed by atoms with Crippen LogP contribution >= 0.6 is 0 Å². The maximum atomic E-state index is 10.5. The minimum Gasteiger partial charge on any atom is -0.303 e. The molecule has 1 aromatic rings. The van der Waals surface area contributed by atoms with E-state index in [1.807, 2.05) is 6.92 Å². The molecule has 1 aromatic carbocycles. The standard InChI is InChI=1S/C15H22O/c1-3-4-5-14-8-10-15(11-9-14)7-6-13(2)12-16/h8-13H,3-7H2,1-2H3. The lowest BCUT2D eigenvalue weighted by molar-refractivity contribution is -0.110. The third-order valence-corrected chi connectivity index (χ3v) is 2.96. The molecule has 0 saturated carbocycles. The maximum absolute atomic E-state index is 10.5. The van der Waals surface area contributed by atoms with Crippen molar-refractivity contribution in [1.82, 2.24) is 0 Å². The summed E-state index contributed by atoms with van der Waals surface area (Å²) >= 11 is 0. The molecule has 1 rings (SSSR count). The Labute approximate surface area is 98.9 Å². The van der Waals surface area contributed by atoms with E-state index >= 15 is 0 Å². The van der Waals surface area contributed by atoms with E-state index < -0.39 is 0 Å². The van der Waals surface area contributed by atoms with E-state index in [4.69, 9.17) is 0 Å². The Balaban J connectivity index is 2.41. The van der Waals surface area contributed by atoms with Gasteiger partial charge in [0, 0.05) is 5.92 Å². The number of hydrogen-bond acceptors (Lipinski definition) is 1. The van der Waals surface area contributed by atoms with E-state index in [0.29, 0.717) is 0 Å². The van der Waals surface area contributed by atoms with Crippen LogP contribution in [0.4, 0.5) is 0 Å². The maximum Gasteiger partial charge on any atom is 0.122 e. The average Bonchev–Trinajstić information content (AvgIpc) is 2.34. The predicted molar refractivity (Wildman–Crippen MR) is 68.6 cm³/mol. The van der Waals surface area contributed by atoms with Crippen molar-refractivity contribution in [2.45, 2.75) is 46.0 Å². The van der Waals surface area contributed by atoms with Gasteiger partial charge in [0.2, 0.25) is 0 Å². The molecule has 1 heteroatoms.